The number of amides is 1. The van der Waals surface area contributed by atoms with Gasteiger partial charge in [0.1, 0.15) is 28.5 Å². The maximum absolute atomic E-state index is 13.3. The molecule has 1 saturated heterocycles. The van der Waals surface area contributed by atoms with Crippen LogP contribution in [0.3, 0.4) is 0 Å². The average Bonchev–Trinajstić information content (AvgIpc) is 3.32. The van der Waals surface area contributed by atoms with Crippen molar-refractivity contribution in [1.82, 2.24) is 19.9 Å². The highest BCUT2D eigenvalue weighted by Gasteiger charge is 2.44. The Morgan fingerprint density at radius 1 is 1.14 bits per heavy atom. The average molecular weight is 469 g/mol. The Hall–Kier alpha value is -4.20. The highest BCUT2D eigenvalue weighted by Crippen LogP contribution is 2.42. The van der Waals surface area contributed by atoms with Gasteiger partial charge in [-0.2, -0.15) is 0 Å². The second-order valence-corrected chi connectivity index (χ2v) is 9.07. The van der Waals surface area contributed by atoms with Gasteiger partial charge in [0.15, 0.2) is 5.78 Å². The number of methoxy groups -OCH3 is 1. The van der Waals surface area contributed by atoms with Crippen molar-refractivity contribution in [1.29, 1.82) is 0 Å². The molecule has 4 aromatic rings. The van der Waals surface area contributed by atoms with Crippen LogP contribution in [-0.4, -0.2) is 57.3 Å². The lowest BCUT2D eigenvalue weighted by molar-refractivity contribution is -0.00599. The maximum Gasteiger partial charge on any atom is 0.253 e. The molecule has 4 heterocycles. The van der Waals surface area contributed by atoms with Gasteiger partial charge in [-0.05, 0) is 42.5 Å². The summed E-state index contributed by atoms with van der Waals surface area (Å²) in [6.45, 7) is 1.04. The molecule has 2 aliphatic heterocycles. The van der Waals surface area contributed by atoms with Crippen LogP contribution in [0.25, 0.3) is 22.4 Å². The largest absolute Gasteiger partial charge is 0.496 e. The Morgan fingerprint density at radius 3 is 2.77 bits per heavy atom. The molecule has 2 aromatic carbocycles. The van der Waals surface area contributed by atoms with Crippen molar-refractivity contribution in [2.45, 2.75) is 24.9 Å². The fourth-order valence-electron chi connectivity index (χ4n) is 5.05. The van der Waals surface area contributed by atoms with Crippen molar-refractivity contribution in [3.8, 4) is 22.9 Å². The zero-order valence-electron chi connectivity index (χ0n) is 19.3. The van der Waals surface area contributed by atoms with Crippen molar-refractivity contribution in [3.63, 3.8) is 0 Å². The minimum absolute atomic E-state index is 0.0255. The standard InChI is InChI=1S/C27H24N4O4/c1-34-22-5-2-6-23-24(22)21(32)15-27(35-23)9-12-31(13-10-27)26(33)17-7-8-19-20(14-17)30-25(29-19)18-4-3-11-28-16-18/h2-8,11,14,16H,9-10,12-13,15H2,1H3,(H,29,30). The van der Waals surface area contributed by atoms with Crippen LogP contribution in [0.5, 0.6) is 11.5 Å². The third kappa shape index (κ3) is 3.71. The number of carbonyl (C=O) groups is 2. The highest BCUT2D eigenvalue weighted by molar-refractivity contribution is 6.03. The number of ketones is 1. The molecule has 2 aromatic heterocycles. The number of carbonyl (C=O) groups excluding carboxylic acids is 2. The van der Waals surface area contributed by atoms with Crippen LogP contribution in [0, 0.1) is 0 Å². The number of H-pyrrole nitrogens is 1. The van der Waals surface area contributed by atoms with Crippen LogP contribution in [-0.2, 0) is 0 Å². The third-order valence-electron chi connectivity index (χ3n) is 6.92. The first-order valence-electron chi connectivity index (χ1n) is 11.6. The minimum Gasteiger partial charge on any atom is -0.496 e. The fraction of sp³-hybridized carbons (Fsp3) is 0.259. The number of piperidine rings is 1. The molecule has 1 spiro atoms. The minimum atomic E-state index is -0.584. The lowest BCUT2D eigenvalue weighted by Crippen LogP contribution is -2.52. The van der Waals surface area contributed by atoms with Crippen LogP contribution < -0.4 is 9.47 Å². The second kappa shape index (κ2) is 8.23. The van der Waals surface area contributed by atoms with Gasteiger partial charge in [-0.3, -0.25) is 14.6 Å². The molecule has 0 bridgehead atoms. The van der Waals surface area contributed by atoms with Crippen molar-refractivity contribution in [3.05, 3.63) is 72.1 Å². The van der Waals surface area contributed by atoms with E-state index in [1.54, 1.807) is 25.6 Å². The number of hydrogen-bond donors (Lipinski definition) is 1. The molecule has 0 aliphatic carbocycles. The molecule has 35 heavy (non-hydrogen) atoms. The van der Waals surface area contributed by atoms with Gasteiger partial charge >= 0.3 is 0 Å². The van der Waals surface area contributed by atoms with E-state index in [1.807, 2.05) is 47.4 Å². The number of nitrogens with zero attached hydrogens (tertiary/aromatic N) is 3. The number of aromatic nitrogens is 3. The van der Waals surface area contributed by atoms with Gasteiger partial charge in [0.05, 0.1) is 24.6 Å². The maximum atomic E-state index is 13.3. The van der Waals surface area contributed by atoms with E-state index in [2.05, 4.69) is 15.0 Å². The summed E-state index contributed by atoms with van der Waals surface area (Å²) < 4.78 is 11.7. The number of Topliss-reactive ketones (excluding diaryl/α,β-unsaturated/α-hetero) is 1. The molecular formula is C27H24N4O4. The van der Waals surface area contributed by atoms with Crippen LogP contribution in [0.2, 0.25) is 0 Å². The number of imidazole rings is 1. The highest BCUT2D eigenvalue weighted by atomic mass is 16.5. The van der Waals surface area contributed by atoms with E-state index in [4.69, 9.17) is 9.47 Å². The number of pyridine rings is 1. The quantitative estimate of drug-likeness (QED) is 0.482. The number of fused-ring (bicyclic) bond motifs is 2. The van der Waals surface area contributed by atoms with Gasteiger partial charge in [0, 0.05) is 49.5 Å². The summed E-state index contributed by atoms with van der Waals surface area (Å²) in [5, 5.41) is 0. The lowest BCUT2D eigenvalue weighted by Gasteiger charge is -2.44. The van der Waals surface area contributed by atoms with E-state index >= 15 is 0 Å². The Kier molecular flexibility index (Phi) is 5.02. The van der Waals surface area contributed by atoms with Gasteiger partial charge in [0.2, 0.25) is 0 Å². The smallest absolute Gasteiger partial charge is 0.253 e. The summed E-state index contributed by atoms with van der Waals surface area (Å²) >= 11 is 0. The summed E-state index contributed by atoms with van der Waals surface area (Å²) in [5.74, 6) is 1.81. The Bertz CT molecular complexity index is 1440. The molecule has 0 saturated carbocycles. The van der Waals surface area contributed by atoms with E-state index < -0.39 is 5.60 Å². The number of likely N-dealkylation sites (tertiary alicyclic amines) is 1. The SMILES string of the molecule is COc1cccc2c1C(=O)CC1(CCN(C(=O)c3ccc4nc(-c5cccnc5)[nH]c4c3)CC1)O2. The van der Waals surface area contributed by atoms with Gasteiger partial charge in [-0.25, -0.2) is 4.98 Å². The van der Waals surface area contributed by atoms with Crippen molar-refractivity contribution in [2.24, 2.45) is 0 Å². The molecule has 0 radical (unpaired) electrons. The predicted octanol–water partition coefficient (Wildman–Crippen LogP) is 4.27. The van der Waals surface area contributed by atoms with Crippen molar-refractivity contribution >= 4 is 22.7 Å². The second-order valence-electron chi connectivity index (χ2n) is 9.07. The number of hydrogen-bond acceptors (Lipinski definition) is 6. The van der Waals surface area contributed by atoms with E-state index in [0.717, 1.165) is 16.6 Å². The summed E-state index contributed by atoms with van der Waals surface area (Å²) in [5.41, 5.74) is 3.01. The molecule has 176 valence electrons. The molecule has 8 heteroatoms. The molecule has 8 nitrogen and oxygen atoms in total. The Balaban J connectivity index is 1.18. The molecule has 1 fully saturated rings. The number of rotatable bonds is 3. The lowest BCUT2D eigenvalue weighted by atomic mass is 9.82. The Labute approximate surface area is 201 Å². The van der Waals surface area contributed by atoms with Crippen LogP contribution in [0.1, 0.15) is 40.0 Å². The number of aromatic amines is 1. The first kappa shape index (κ1) is 21.3. The molecule has 6 rings (SSSR count). The monoisotopic (exact) mass is 468 g/mol. The molecular weight excluding hydrogens is 444 g/mol. The van der Waals surface area contributed by atoms with E-state index in [1.165, 1.54) is 0 Å². The number of benzene rings is 2. The summed E-state index contributed by atoms with van der Waals surface area (Å²) in [6, 6.07) is 14.7. The van der Waals surface area contributed by atoms with Gasteiger partial charge in [0.25, 0.3) is 5.91 Å². The molecule has 2 aliphatic rings. The molecule has 0 unspecified atom stereocenters. The molecule has 1 N–H and O–H groups in total. The predicted molar refractivity (Wildman–Crippen MR) is 130 cm³/mol. The topological polar surface area (TPSA) is 97.4 Å². The summed E-state index contributed by atoms with van der Waals surface area (Å²) in [7, 11) is 1.55. The van der Waals surface area contributed by atoms with Crippen LogP contribution in [0.15, 0.2) is 60.9 Å². The normalized spacial score (nSPS) is 16.7. The zero-order chi connectivity index (χ0) is 24.0. The Morgan fingerprint density at radius 2 is 2.00 bits per heavy atom. The fourth-order valence-corrected chi connectivity index (χ4v) is 5.05. The van der Waals surface area contributed by atoms with Crippen LogP contribution in [0.4, 0.5) is 0 Å². The van der Waals surface area contributed by atoms with Crippen molar-refractivity contribution < 1.29 is 19.1 Å². The summed E-state index contributed by atoms with van der Waals surface area (Å²) in [4.78, 5) is 40.1. The van der Waals surface area contributed by atoms with Gasteiger partial charge in [-0.1, -0.05) is 6.07 Å². The molecule has 0 atom stereocenters. The van der Waals surface area contributed by atoms with E-state index in [9.17, 15) is 9.59 Å². The van der Waals surface area contributed by atoms with E-state index in [0.29, 0.717) is 60.8 Å². The number of nitrogens with one attached hydrogen (secondary N) is 1. The number of ether oxygens (including phenoxy) is 2. The first-order chi connectivity index (χ1) is 17.0. The van der Waals surface area contributed by atoms with E-state index in [-0.39, 0.29) is 11.7 Å². The van der Waals surface area contributed by atoms with Gasteiger partial charge in [-0.15, -0.1) is 0 Å². The van der Waals surface area contributed by atoms with Gasteiger partial charge < -0.3 is 19.4 Å². The van der Waals surface area contributed by atoms with Crippen molar-refractivity contribution in [2.75, 3.05) is 20.2 Å². The first-order valence-corrected chi connectivity index (χ1v) is 11.6. The van der Waals surface area contributed by atoms with Crippen LogP contribution >= 0.6 is 0 Å². The zero-order valence-corrected chi connectivity index (χ0v) is 19.3. The summed E-state index contributed by atoms with van der Waals surface area (Å²) in [6.07, 6.45) is 4.95. The molecule has 1 amide bonds. The third-order valence-corrected chi connectivity index (χ3v) is 6.92.